The van der Waals surface area contributed by atoms with Crippen molar-refractivity contribution < 1.29 is 24.5 Å². The van der Waals surface area contributed by atoms with E-state index < -0.39 is 24.4 Å². The second-order valence-corrected chi connectivity index (χ2v) is 7.21. The van der Waals surface area contributed by atoms with Gasteiger partial charge in [-0.15, -0.1) is 11.3 Å². The van der Waals surface area contributed by atoms with Crippen molar-refractivity contribution in [1.29, 1.82) is 0 Å². The molecule has 3 atom stereocenters. The van der Waals surface area contributed by atoms with Gasteiger partial charge in [-0.2, -0.15) is 0 Å². The summed E-state index contributed by atoms with van der Waals surface area (Å²) in [5.74, 6) is -0.351. The number of carboxylic acids is 1. The number of benzene rings is 1. The summed E-state index contributed by atoms with van der Waals surface area (Å²) in [6, 6.07) is 11.3. The first-order valence-corrected chi connectivity index (χ1v) is 9.91. The Balaban J connectivity index is 1.79. The van der Waals surface area contributed by atoms with E-state index in [0.717, 1.165) is 12.0 Å². The van der Waals surface area contributed by atoms with Gasteiger partial charge in [-0.3, -0.25) is 5.32 Å². The minimum absolute atomic E-state index is 0.298. The number of carbonyl (C=O) groups is 1. The molecule has 0 saturated heterocycles. The van der Waals surface area contributed by atoms with Crippen molar-refractivity contribution in [2.24, 2.45) is 0 Å². The lowest BCUT2D eigenvalue weighted by molar-refractivity contribution is -0.149. The summed E-state index contributed by atoms with van der Waals surface area (Å²) in [6.45, 7) is 4.59. The van der Waals surface area contributed by atoms with E-state index in [4.69, 9.17) is 14.6 Å². The summed E-state index contributed by atoms with van der Waals surface area (Å²) in [4.78, 5) is 12.4. The molecule has 3 N–H and O–H groups in total. The molecule has 0 radical (unpaired) electrons. The van der Waals surface area contributed by atoms with Gasteiger partial charge in [0.1, 0.15) is 18.1 Å². The van der Waals surface area contributed by atoms with E-state index in [2.05, 4.69) is 11.4 Å². The van der Waals surface area contributed by atoms with Crippen LogP contribution in [0.5, 0.6) is 5.75 Å². The number of carboxylic acid groups (broad SMARTS) is 1. The molecule has 1 unspecified atom stereocenters. The summed E-state index contributed by atoms with van der Waals surface area (Å²) in [7, 11) is 0. The number of thiophene rings is 1. The lowest BCUT2D eigenvalue weighted by atomic mass is 10.1. The second kappa shape index (κ2) is 11.0. The molecule has 1 aromatic carbocycles. The molecular formula is C20H27NO5S. The number of aliphatic carboxylic acids is 1. The first-order chi connectivity index (χ1) is 13.0. The topological polar surface area (TPSA) is 88.0 Å². The number of nitrogens with one attached hydrogen (secondary N) is 1. The highest BCUT2D eigenvalue weighted by Crippen LogP contribution is 2.17. The zero-order chi connectivity index (χ0) is 19.6. The summed E-state index contributed by atoms with van der Waals surface area (Å²) in [5.41, 5.74) is 0.852. The fourth-order valence-electron chi connectivity index (χ4n) is 2.58. The van der Waals surface area contributed by atoms with Crippen LogP contribution in [-0.4, -0.2) is 47.8 Å². The molecule has 0 aliphatic heterocycles. The largest absolute Gasteiger partial charge is 0.487 e. The SMILES string of the molecule is CCO[C@@H](Cc1ccc(O[C@H](C)C(O)NCCc2cccs2)cc1)C(=O)O. The maximum absolute atomic E-state index is 11.2. The molecule has 0 aliphatic rings. The van der Waals surface area contributed by atoms with Gasteiger partial charge in [0.05, 0.1) is 0 Å². The second-order valence-electron chi connectivity index (χ2n) is 6.18. The Kier molecular flexibility index (Phi) is 8.74. The molecule has 2 rings (SSSR count). The van der Waals surface area contributed by atoms with Gasteiger partial charge in [-0.05, 0) is 49.4 Å². The molecule has 0 bridgehead atoms. The highest BCUT2D eigenvalue weighted by Gasteiger charge is 2.18. The van der Waals surface area contributed by atoms with Crippen molar-refractivity contribution in [3.63, 3.8) is 0 Å². The van der Waals surface area contributed by atoms with Crippen LogP contribution >= 0.6 is 11.3 Å². The fraction of sp³-hybridized carbons (Fsp3) is 0.450. The van der Waals surface area contributed by atoms with Gasteiger partial charge in [0.2, 0.25) is 0 Å². The zero-order valence-corrected chi connectivity index (χ0v) is 16.4. The van der Waals surface area contributed by atoms with E-state index in [1.165, 1.54) is 4.88 Å². The third-order valence-corrected chi connectivity index (χ3v) is 5.00. The molecule has 7 heteroatoms. The molecular weight excluding hydrogens is 366 g/mol. The highest BCUT2D eigenvalue weighted by atomic mass is 32.1. The van der Waals surface area contributed by atoms with Crippen LogP contribution in [0.1, 0.15) is 24.3 Å². The smallest absolute Gasteiger partial charge is 0.333 e. The lowest BCUT2D eigenvalue weighted by Crippen LogP contribution is -2.42. The van der Waals surface area contributed by atoms with E-state index in [0.29, 0.717) is 25.3 Å². The third kappa shape index (κ3) is 7.30. The Labute approximate surface area is 163 Å². The standard InChI is InChI=1S/C20H27NO5S/c1-3-25-18(20(23)24)13-15-6-8-16(9-7-15)26-14(2)19(22)21-11-10-17-5-4-12-27-17/h4-9,12,14,18-19,21-22H,3,10-11,13H2,1-2H3,(H,23,24)/t14-,18+,19?/m1/s1. The fourth-order valence-corrected chi connectivity index (χ4v) is 3.29. The predicted octanol–water partition coefficient (Wildman–Crippen LogP) is 2.70. The number of hydrogen-bond acceptors (Lipinski definition) is 6. The predicted molar refractivity (Wildman–Crippen MR) is 105 cm³/mol. The lowest BCUT2D eigenvalue weighted by Gasteiger charge is -2.21. The molecule has 0 saturated carbocycles. The summed E-state index contributed by atoms with van der Waals surface area (Å²) < 4.78 is 11.0. The number of aliphatic hydroxyl groups excluding tert-OH is 1. The molecule has 1 aromatic heterocycles. The van der Waals surface area contributed by atoms with Gasteiger partial charge in [0.25, 0.3) is 0 Å². The van der Waals surface area contributed by atoms with E-state index in [9.17, 15) is 9.90 Å². The Hall–Kier alpha value is -1.93. The highest BCUT2D eigenvalue weighted by molar-refractivity contribution is 7.09. The van der Waals surface area contributed by atoms with E-state index in [-0.39, 0.29) is 0 Å². The molecule has 0 amide bonds. The molecule has 148 valence electrons. The number of hydrogen-bond donors (Lipinski definition) is 3. The van der Waals surface area contributed by atoms with Gasteiger partial charge in [-0.1, -0.05) is 18.2 Å². The third-order valence-electron chi connectivity index (χ3n) is 4.06. The Morgan fingerprint density at radius 2 is 2.00 bits per heavy atom. The molecule has 27 heavy (non-hydrogen) atoms. The minimum Gasteiger partial charge on any atom is -0.487 e. The van der Waals surface area contributed by atoms with Crippen LogP contribution in [0.25, 0.3) is 0 Å². The van der Waals surface area contributed by atoms with Crippen LogP contribution in [0.15, 0.2) is 41.8 Å². The van der Waals surface area contributed by atoms with Crippen molar-refractivity contribution in [2.75, 3.05) is 13.2 Å². The average molecular weight is 394 g/mol. The summed E-state index contributed by atoms with van der Waals surface area (Å²) in [6.07, 6.45) is -0.893. The van der Waals surface area contributed by atoms with Crippen LogP contribution in [0.4, 0.5) is 0 Å². The quantitative estimate of drug-likeness (QED) is 0.481. The number of aliphatic hydroxyl groups is 1. The molecule has 0 aliphatic carbocycles. The van der Waals surface area contributed by atoms with Crippen LogP contribution in [0, 0.1) is 0 Å². The summed E-state index contributed by atoms with van der Waals surface area (Å²) >= 11 is 1.70. The molecule has 6 nitrogen and oxygen atoms in total. The zero-order valence-electron chi connectivity index (χ0n) is 15.6. The van der Waals surface area contributed by atoms with Crippen LogP contribution < -0.4 is 10.1 Å². The normalized spacial score (nSPS) is 14.5. The van der Waals surface area contributed by atoms with Gasteiger partial charge in [-0.25, -0.2) is 4.79 Å². The number of rotatable bonds is 12. The summed E-state index contributed by atoms with van der Waals surface area (Å²) in [5, 5.41) is 24.4. The van der Waals surface area contributed by atoms with Crippen LogP contribution in [-0.2, 0) is 22.4 Å². The maximum atomic E-state index is 11.2. The molecule has 0 spiro atoms. The minimum atomic E-state index is -0.970. The Bertz CT molecular complexity index is 674. The van der Waals surface area contributed by atoms with Crippen molar-refractivity contribution in [1.82, 2.24) is 5.32 Å². The first kappa shape index (κ1) is 21.4. The van der Waals surface area contributed by atoms with Crippen molar-refractivity contribution >= 4 is 17.3 Å². The average Bonchev–Trinajstić information content (AvgIpc) is 3.16. The number of ether oxygens (including phenoxy) is 2. The Morgan fingerprint density at radius 1 is 1.26 bits per heavy atom. The van der Waals surface area contributed by atoms with Crippen molar-refractivity contribution in [2.45, 2.75) is 45.1 Å². The molecule has 0 fully saturated rings. The van der Waals surface area contributed by atoms with E-state index >= 15 is 0 Å². The monoisotopic (exact) mass is 393 g/mol. The van der Waals surface area contributed by atoms with Crippen molar-refractivity contribution in [3.8, 4) is 5.75 Å². The van der Waals surface area contributed by atoms with Gasteiger partial charge in [0.15, 0.2) is 6.10 Å². The van der Waals surface area contributed by atoms with Crippen LogP contribution in [0.3, 0.4) is 0 Å². The van der Waals surface area contributed by atoms with Gasteiger partial charge in [0, 0.05) is 24.4 Å². The first-order valence-electron chi connectivity index (χ1n) is 9.03. The maximum Gasteiger partial charge on any atom is 0.333 e. The molecule has 1 heterocycles. The molecule has 2 aromatic rings. The van der Waals surface area contributed by atoms with E-state index in [1.807, 2.05) is 23.6 Å². The van der Waals surface area contributed by atoms with Gasteiger partial charge < -0.3 is 19.7 Å². The van der Waals surface area contributed by atoms with Gasteiger partial charge >= 0.3 is 5.97 Å². The Morgan fingerprint density at radius 3 is 2.59 bits per heavy atom. The van der Waals surface area contributed by atoms with E-state index in [1.54, 1.807) is 37.3 Å². The van der Waals surface area contributed by atoms with Crippen molar-refractivity contribution in [3.05, 3.63) is 52.2 Å². The van der Waals surface area contributed by atoms with Crippen LogP contribution in [0.2, 0.25) is 0 Å².